The summed E-state index contributed by atoms with van der Waals surface area (Å²) in [5.41, 5.74) is -0.0194. The van der Waals surface area contributed by atoms with Gasteiger partial charge in [0, 0.05) is 38.2 Å². The summed E-state index contributed by atoms with van der Waals surface area (Å²) >= 11 is 0. The first-order chi connectivity index (χ1) is 18.4. The monoisotopic (exact) mass is 539 g/mol. The van der Waals surface area contributed by atoms with E-state index in [0.717, 1.165) is 0 Å². The maximum Gasteiger partial charge on any atom is 0.407 e. The van der Waals surface area contributed by atoms with Gasteiger partial charge in [-0.05, 0) is 24.5 Å². The molecule has 12 nitrogen and oxygen atoms in total. The Morgan fingerprint density at radius 3 is 2.62 bits per heavy atom. The first kappa shape index (κ1) is 28.1. The fourth-order valence-corrected chi connectivity index (χ4v) is 4.67. The molecule has 4 heterocycles. The van der Waals surface area contributed by atoms with E-state index in [1.807, 2.05) is 40.7 Å². The number of carbonyl (C=O) groups excluding carboxylic acids is 1. The van der Waals surface area contributed by atoms with Crippen LogP contribution in [-0.4, -0.2) is 72.7 Å². The quantitative estimate of drug-likeness (QED) is 0.424. The number of anilines is 1. The number of aryl methyl sites for hydroxylation is 1. The summed E-state index contributed by atoms with van der Waals surface area (Å²) in [7, 11) is 0. The molecule has 2 N–H and O–H groups in total. The van der Waals surface area contributed by atoms with Crippen LogP contribution in [0.3, 0.4) is 0 Å². The Bertz CT molecular complexity index is 1280. The molecule has 0 aromatic carbocycles. The molecule has 0 spiro atoms. The zero-order chi connectivity index (χ0) is 28.3. The molecule has 12 heteroatoms. The van der Waals surface area contributed by atoms with Crippen LogP contribution in [0.15, 0.2) is 33.4 Å². The number of nitrogens with one attached hydrogen (secondary N) is 1. The third kappa shape index (κ3) is 6.73. The Balaban J connectivity index is 1.69. The minimum atomic E-state index is -1.06. The lowest BCUT2D eigenvalue weighted by molar-refractivity contribution is 0.0454. The van der Waals surface area contributed by atoms with Crippen LogP contribution in [0.1, 0.15) is 80.7 Å². The SMILES string of the molecule is Cc1nnc(C2CC(N(CC(C)C)C(=O)c3cnc(C(C)(C)C)nc3NCc3ccco3)CN(C(=O)O)C2)o1. The summed E-state index contributed by atoms with van der Waals surface area (Å²) in [6, 6.07) is 3.22. The van der Waals surface area contributed by atoms with Gasteiger partial charge in [0.05, 0.1) is 24.8 Å². The first-order valence-corrected chi connectivity index (χ1v) is 13.1. The van der Waals surface area contributed by atoms with Gasteiger partial charge in [0.2, 0.25) is 11.8 Å². The normalized spacial score (nSPS) is 17.9. The summed E-state index contributed by atoms with van der Waals surface area (Å²) in [5.74, 6) is 2.01. The van der Waals surface area contributed by atoms with Crippen molar-refractivity contribution in [2.75, 3.05) is 25.0 Å². The molecule has 2 amide bonds. The van der Waals surface area contributed by atoms with Gasteiger partial charge in [-0.25, -0.2) is 14.8 Å². The number of piperidine rings is 1. The number of furan rings is 1. The Morgan fingerprint density at radius 2 is 2.03 bits per heavy atom. The van der Waals surface area contributed by atoms with E-state index >= 15 is 0 Å². The molecule has 2 unspecified atom stereocenters. The van der Waals surface area contributed by atoms with Gasteiger partial charge in [-0.15, -0.1) is 10.2 Å². The molecule has 0 aliphatic carbocycles. The van der Waals surface area contributed by atoms with E-state index in [4.69, 9.17) is 13.8 Å². The lowest BCUT2D eigenvalue weighted by Crippen LogP contribution is -2.54. The van der Waals surface area contributed by atoms with Crippen LogP contribution in [0, 0.1) is 12.8 Å². The number of hydrogen-bond donors (Lipinski definition) is 2. The molecule has 0 radical (unpaired) electrons. The van der Waals surface area contributed by atoms with Crippen LogP contribution in [-0.2, 0) is 12.0 Å². The molecule has 39 heavy (non-hydrogen) atoms. The second-order valence-electron chi connectivity index (χ2n) is 11.4. The summed E-state index contributed by atoms with van der Waals surface area (Å²) in [6.45, 7) is 12.9. The van der Waals surface area contributed by atoms with Crippen LogP contribution in [0.25, 0.3) is 0 Å². The van der Waals surface area contributed by atoms with Crippen molar-refractivity contribution >= 4 is 17.8 Å². The van der Waals surface area contributed by atoms with Gasteiger partial charge in [0.25, 0.3) is 5.91 Å². The highest BCUT2D eigenvalue weighted by Gasteiger charge is 2.39. The summed E-state index contributed by atoms with van der Waals surface area (Å²) in [4.78, 5) is 38.6. The van der Waals surface area contributed by atoms with Crippen molar-refractivity contribution in [3.05, 3.63) is 53.5 Å². The maximum absolute atomic E-state index is 14.2. The minimum absolute atomic E-state index is 0.132. The van der Waals surface area contributed by atoms with Gasteiger partial charge in [-0.3, -0.25) is 4.79 Å². The van der Waals surface area contributed by atoms with Crippen molar-refractivity contribution in [1.82, 2.24) is 30.0 Å². The number of carboxylic acid groups (broad SMARTS) is 1. The van der Waals surface area contributed by atoms with E-state index in [0.29, 0.717) is 54.3 Å². The van der Waals surface area contributed by atoms with E-state index in [2.05, 4.69) is 20.5 Å². The van der Waals surface area contributed by atoms with Gasteiger partial charge in [0.1, 0.15) is 23.0 Å². The number of carbonyl (C=O) groups is 2. The molecular formula is C27H37N7O5. The minimum Gasteiger partial charge on any atom is -0.467 e. The topological polar surface area (TPSA) is 151 Å². The third-order valence-electron chi connectivity index (χ3n) is 6.55. The molecule has 210 valence electrons. The second kappa shape index (κ2) is 11.4. The second-order valence-corrected chi connectivity index (χ2v) is 11.4. The zero-order valence-corrected chi connectivity index (χ0v) is 23.3. The van der Waals surface area contributed by atoms with Crippen LogP contribution in [0.5, 0.6) is 0 Å². The van der Waals surface area contributed by atoms with Gasteiger partial charge in [-0.2, -0.15) is 0 Å². The standard InChI is InChI=1S/C27H37N7O5/c1-16(2)13-34(19-10-18(14-33(15-19)26(36)37)23-32-31-17(3)39-23)24(35)21-12-29-25(27(4,5)6)30-22(21)28-11-20-8-7-9-38-20/h7-9,12,16,18-19H,10-11,13-15H2,1-6H3,(H,36,37)(H,28,29,30). The van der Waals surface area contributed by atoms with Crippen molar-refractivity contribution in [3.8, 4) is 0 Å². The Labute approximate surface area is 227 Å². The molecule has 0 saturated carbocycles. The molecule has 1 aliphatic rings. The number of amides is 2. The third-order valence-corrected chi connectivity index (χ3v) is 6.55. The summed E-state index contributed by atoms with van der Waals surface area (Å²) in [5, 5.41) is 21.2. The van der Waals surface area contributed by atoms with Crippen molar-refractivity contribution < 1.29 is 23.5 Å². The number of rotatable bonds is 8. The molecule has 3 aromatic heterocycles. The van der Waals surface area contributed by atoms with E-state index in [-0.39, 0.29) is 36.2 Å². The Kier molecular flexibility index (Phi) is 8.22. The highest BCUT2D eigenvalue weighted by atomic mass is 16.4. The molecule has 1 fully saturated rings. The average molecular weight is 540 g/mol. The van der Waals surface area contributed by atoms with Crippen molar-refractivity contribution in [1.29, 1.82) is 0 Å². The maximum atomic E-state index is 14.2. The molecule has 1 saturated heterocycles. The fourth-order valence-electron chi connectivity index (χ4n) is 4.67. The van der Waals surface area contributed by atoms with Crippen molar-refractivity contribution in [3.63, 3.8) is 0 Å². The fraction of sp³-hybridized carbons (Fsp3) is 0.556. The molecule has 3 aromatic rings. The van der Waals surface area contributed by atoms with Crippen LogP contribution >= 0.6 is 0 Å². The number of likely N-dealkylation sites (tertiary alicyclic amines) is 1. The zero-order valence-electron chi connectivity index (χ0n) is 23.3. The Morgan fingerprint density at radius 1 is 1.26 bits per heavy atom. The first-order valence-electron chi connectivity index (χ1n) is 13.1. The van der Waals surface area contributed by atoms with Crippen LogP contribution in [0.4, 0.5) is 10.6 Å². The van der Waals surface area contributed by atoms with Gasteiger partial charge >= 0.3 is 6.09 Å². The molecule has 0 bridgehead atoms. The summed E-state index contributed by atoms with van der Waals surface area (Å²) in [6.07, 6.45) is 2.58. The largest absolute Gasteiger partial charge is 0.467 e. The van der Waals surface area contributed by atoms with Crippen LogP contribution < -0.4 is 5.32 Å². The summed E-state index contributed by atoms with van der Waals surface area (Å²) < 4.78 is 11.1. The molecule has 4 rings (SSSR count). The Hall–Kier alpha value is -3.96. The molecule has 2 atom stereocenters. The molecular weight excluding hydrogens is 502 g/mol. The van der Waals surface area contributed by atoms with Gasteiger partial charge < -0.3 is 29.1 Å². The van der Waals surface area contributed by atoms with Gasteiger partial charge in [0.15, 0.2) is 0 Å². The van der Waals surface area contributed by atoms with Crippen LogP contribution in [0.2, 0.25) is 0 Å². The van der Waals surface area contributed by atoms with E-state index in [9.17, 15) is 14.7 Å². The number of aromatic nitrogens is 4. The highest BCUT2D eigenvalue weighted by molar-refractivity contribution is 5.98. The lowest BCUT2D eigenvalue weighted by atomic mass is 9.92. The average Bonchev–Trinajstić information content (AvgIpc) is 3.56. The van der Waals surface area contributed by atoms with Gasteiger partial charge in [-0.1, -0.05) is 34.6 Å². The smallest absolute Gasteiger partial charge is 0.407 e. The predicted molar refractivity (Wildman–Crippen MR) is 142 cm³/mol. The molecule has 1 aliphatic heterocycles. The predicted octanol–water partition coefficient (Wildman–Crippen LogP) is 4.30. The van der Waals surface area contributed by atoms with Crippen molar-refractivity contribution in [2.45, 2.75) is 71.9 Å². The van der Waals surface area contributed by atoms with E-state index in [1.165, 1.54) is 4.90 Å². The van der Waals surface area contributed by atoms with E-state index < -0.39 is 12.1 Å². The lowest BCUT2D eigenvalue weighted by Gasteiger charge is -2.41. The number of nitrogens with zero attached hydrogens (tertiary/aromatic N) is 6. The van der Waals surface area contributed by atoms with Crippen molar-refractivity contribution in [2.24, 2.45) is 5.92 Å². The van der Waals surface area contributed by atoms with E-state index in [1.54, 1.807) is 30.4 Å². The number of hydrogen-bond acceptors (Lipinski definition) is 9. The highest BCUT2D eigenvalue weighted by Crippen LogP contribution is 2.31.